The first-order valence-electron chi connectivity index (χ1n) is 10.6. The highest BCUT2D eigenvalue weighted by molar-refractivity contribution is 7.89. The minimum atomic E-state index is -3.78. The molecule has 9 heteroatoms. The Morgan fingerprint density at radius 3 is 2.53 bits per heavy atom. The van der Waals surface area contributed by atoms with Gasteiger partial charge in [0.05, 0.1) is 16.5 Å². The number of amides is 1. The van der Waals surface area contributed by atoms with Crippen molar-refractivity contribution in [1.29, 1.82) is 5.26 Å². The fourth-order valence-electron chi connectivity index (χ4n) is 4.03. The highest BCUT2D eigenvalue weighted by atomic mass is 32.2. The van der Waals surface area contributed by atoms with E-state index in [1.54, 1.807) is 12.1 Å². The average Bonchev–Trinajstić information content (AvgIpc) is 2.83. The number of carbonyl (C=O) groups excluding carboxylic acids is 1. The highest BCUT2D eigenvalue weighted by Crippen LogP contribution is 2.33. The van der Waals surface area contributed by atoms with E-state index in [-0.39, 0.29) is 41.4 Å². The largest absolute Gasteiger partial charge is 0.486 e. The van der Waals surface area contributed by atoms with E-state index in [9.17, 15) is 18.5 Å². The third-order valence-corrected chi connectivity index (χ3v) is 7.83. The van der Waals surface area contributed by atoms with Gasteiger partial charge in [-0.25, -0.2) is 8.42 Å². The fraction of sp³-hybridized carbons (Fsp3) is 0.391. The molecular formula is C23H25N3O5S. The van der Waals surface area contributed by atoms with E-state index < -0.39 is 10.0 Å². The first-order valence-corrected chi connectivity index (χ1v) is 12.0. The molecule has 1 N–H and O–H groups in total. The molecule has 0 aromatic heterocycles. The Bertz CT molecular complexity index is 1150. The summed E-state index contributed by atoms with van der Waals surface area (Å²) < 4.78 is 38.5. The third-order valence-electron chi connectivity index (χ3n) is 5.88. The van der Waals surface area contributed by atoms with Crippen LogP contribution in [0.25, 0.3) is 0 Å². The van der Waals surface area contributed by atoms with Gasteiger partial charge in [-0.1, -0.05) is 18.2 Å². The Morgan fingerprint density at radius 1 is 1.12 bits per heavy atom. The van der Waals surface area contributed by atoms with Gasteiger partial charge in [0.2, 0.25) is 15.9 Å². The lowest BCUT2D eigenvalue weighted by molar-refractivity contribution is -0.126. The molecule has 2 aromatic rings. The Kier molecular flexibility index (Phi) is 6.35. The highest BCUT2D eigenvalue weighted by Gasteiger charge is 2.33. The van der Waals surface area contributed by atoms with Crippen molar-refractivity contribution < 1.29 is 22.7 Å². The molecule has 168 valence electrons. The quantitative estimate of drug-likeness (QED) is 0.742. The van der Waals surface area contributed by atoms with Crippen LogP contribution in [-0.2, 0) is 14.8 Å². The molecule has 2 heterocycles. The van der Waals surface area contributed by atoms with Gasteiger partial charge < -0.3 is 14.8 Å². The number of sulfonamides is 1. The number of hydrogen-bond donors (Lipinski definition) is 1. The molecule has 0 unspecified atom stereocenters. The predicted molar refractivity (Wildman–Crippen MR) is 117 cm³/mol. The number of rotatable bonds is 5. The summed E-state index contributed by atoms with van der Waals surface area (Å²) in [6, 6.07) is 13.5. The summed E-state index contributed by atoms with van der Waals surface area (Å²) in [5.74, 6) is 1.00. The zero-order valence-electron chi connectivity index (χ0n) is 17.8. The number of fused-ring (bicyclic) bond motifs is 1. The first-order chi connectivity index (χ1) is 15.4. The fourth-order valence-corrected chi connectivity index (χ4v) is 5.64. The molecule has 8 nitrogen and oxygen atoms in total. The second kappa shape index (κ2) is 9.18. The molecule has 0 radical (unpaired) electrons. The van der Waals surface area contributed by atoms with Gasteiger partial charge in [0.25, 0.3) is 0 Å². The van der Waals surface area contributed by atoms with Gasteiger partial charge in [-0.05, 0) is 49.6 Å². The van der Waals surface area contributed by atoms with Gasteiger partial charge >= 0.3 is 0 Å². The molecule has 2 aromatic carbocycles. The van der Waals surface area contributed by atoms with Gasteiger partial charge in [-0.3, -0.25) is 4.79 Å². The molecule has 1 saturated heterocycles. The van der Waals surface area contributed by atoms with E-state index >= 15 is 0 Å². The van der Waals surface area contributed by atoms with Crippen LogP contribution < -0.4 is 14.8 Å². The molecule has 0 spiro atoms. The Hall–Kier alpha value is -3.09. The van der Waals surface area contributed by atoms with Crippen LogP contribution in [0.4, 0.5) is 0 Å². The molecule has 1 atom stereocenters. The summed E-state index contributed by atoms with van der Waals surface area (Å²) in [5, 5.41) is 12.3. The Labute approximate surface area is 187 Å². The minimum absolute atomic E-state index is 0.0117. The van der Waals surface area contributed by atoms with Gasteiger partial charge in [-0.15, -0.1) is 0 Å². The summed E-state index contributed by atoms with van der Waals surface area (Å²) in [4.78, 5) is 12.8. The van der Waals surface area contributed by atoms with Crippen molar-refractivity contribution in [3.05, 3.63) is 53.6 Å². The molecule has 0 bridgehead atoms. The van der Waals surface area contributed by atoms with Crippen LogP contribution in [0.15, 0.2) is 47.4 Å². The number of ether oxygens (including phenoxy) is 2. The number of benzene rings is 2. The molecule has 2 aliphatic heterocycles. The lowest BCUT2D eigenvalue weighted by Gasteiger charge is -2.31. The lowest BCUT2D eigenvalue weighted by atomic mass is 9.96. The van der Waals surface area contributed by atoms with Crippen LogP contribution in [-0.4, -0.2) is 44.9 Å². The van der Waals surface area contributed by atoms with E-state index in [0.29, 0.717) is 37.6 Å². The Balaban J connectivity index is 1.37. The summed E-state index contributed by atoms with van der Waals surface area (Å²) in [7, 11) is -3.78. The normalized spacial score (nSPS) is 17.9. The second-order valence-corrected chi connectivity index (χ2v) is 9.83. The summed E-state index contributed by atoms with van der Waals surface area (Å²) in [5.41, 5.74) is 1.04. The minimum Gasteiger partial charge on any atom is -0.486 e. The van der Waals surface area contributed by atoms with Crippen LogP contribution >= 0.6 is 0 Å². The maximum absolute atomic E-state index is 13.0. The maximum Gasteiger partial charge on any atom is 0.244 e. The molecular weight excluding hydrogens is 430 g/mol. The van der Waals surface area contributed by atoms with Gasteiger partial charge in [0, 0.05) is 19.0 Å². The molecule has 1 fully saturated rings. The standard InChI is InChI=1S/C23H25N3O5S/c1-16(18-6-7-20-21(14-18)31-13-12-30-20)25-23(27)17-8-10-26(11-9-17)32(28,29)22-5-3-2-4-19(22)15-24/h2-7,14,16-17H,8-13H2,1H3,(H,25,27)/t16-/m1/s1. The lowest BCUT2D eigenvalue weighted by Crippen LogP contribution is -2.43. The van der Waals surface area contributed by atoms with Crippen LogP contribution in [0, 0.1) is 17.2 Å². The predicted octanol–water partition coefficient (Wildman–Crippen LogP) is 2.61. The average molecular weight is 456 g/mol. The number of hydrogen-bond acceptors (Lipinski definition) is 6. The second-order valence-electron chi connectivity index (χ2n) is 7.92. The maximum atomic E-state index is 13.0. The van der Waals surface area contributed by atoms with Gasteiger partial charge in [0.1, 0.15) is 19.3 Å². The molecule has 0 aliphatic carbocycles. The van der Waals surface area contributed by atoms with Gasteiger partial charge in [0.15, 0.2) is 11.5 Å². The SMILES string of the molecule is C[C@@H](NC(=O)C1CCN(S(=O)(=O)c2ccccc2C#N)CC1)c1ccc2c(c1)OCCO2. The van der Waals surface area contributed by atoms with Crippen molar-refractivity contribution >= 4 is 15.9 Å². The summed E-state index contributed by atoms with van der Waals surface area (Å²) in [6.07, 6.45) is 0.848. The van der Waals surface area contributed by atoms with Crippen LogP contribution in [0.1, 0.15) is 36.9 Å². The van der Waals surface area contributed by atoms with Gasteiger partial charge in [-0.2, -0.15) is 9.57 Å². The molecule has 1 amide bonds. The Morgan fingerprint density at radius 2 is 1.81 bits per heavy atom. The van der Waals surface area contributed by atoms with Crippen LogP contribution in [0.5, 0.6) is 11.5 Å². The van der Waals surface area contributed by atoms with Crippen LogP contribution in [0.2, 0.25) is 0 Å². The number of nitriles is 1. The van der Waals surface area contributed by atoms with E-state index in [0.717, 1.165) is 5.56 Å². The van der Waals surface area contributed by atoms with Crippen molar-refractivity contribution in [3.8, 4) is 17.6 Å². The molecule has 4 rings (SSSR count). The van der Waals surface area contributed by atoms with E-state index in [4.69, 9.17) is 9.47 Å². The van der Waals surface area contributed by atoms with Crippen molar-refractivity contribution in [2.45, 2.75) is 30.7 Å². The number of nitrogens with one attached hydrogen (secondary N) is 1. The monoisotopic (exact) mass is 455 g/mol. The zero-order chi connectivity index (χ0) is 22.7. The van der Waals surface area contributed by atoms with Crippen molar-refractivity contribution in [1.82, 2.24) is 9.62 Å². The zero-order valence-corrected chi connectivity index (χ0v) is 18.6. The number of carbonyl (C=O) groups is 1. The van der Waals surface area contributed by atoms with Crippen molar-refractivity contribution in [2.24, 2.45) is 5.92 Å². The van der Waals surface area contributed by atoms with E-state index in [1.807, 2.05) is 31.2 Å². The smallest absolute Gasteiger partial charge is 0.244 e. The number of piperidine rings is 1. The topological polar surface area (TPSA) is 109 Å². The number of nitrogens with zero attached hydrogens (tertiary/aromatic N) is 2. The third kappa shape index (κ3) is 4.42. The molecule has 0 saturated carbocycles. The summed E-state index contributed by atoms with van der Waals surface area (Å²) >= 11 is 0. The van der Waals surface area contributed by atoms with E-state index in [1.165, 1.54) is 16.4 Å². The van der Waals surface area contributed by atoms with Crippen molar-refractivity contribution in [2.75, 3.05) is 26.3 Å². The molecule has 2 aliphatic rings. The van der Waals surface area contributed by atoms with Crippen molar-refractivity contribution in [3.63, 3.8) is 0 Å². The summed E-state index contributed by atoms with van der Waals surface area (Å²) in [6.45, 7) is 3.39. The molecule has 32 heavy (non-hydrogen) atoms. The van der Waals surface area contributed by atoms with Crippen LogP contribution in [0.3, 0.4) is 0 Å². The first kappa shape index (κ1) is 22.1. The van der Waals surface area contributed by atoms with E-state index in [2.05, 4.69) is 5.32 Å².